The van der Waals surface area contributed by atoms with Gasteiger partial charge in [-0.3, -0.25) is 9.59 Å². The first-order chi connectivity index (χ1) is 12.6. The van der Waals surface area contributed by atoms with Crippen LogP contribution in [0.2, 0.25) is 0 Å². The van der Waals surface area contributed by atoms with Gasteiger partial charge in [0.2, 0.25) is 5.91 Å². The van der Waals surface area contributed by atoms with Crippen LogP contribution in [0.15, 0.2) is 24.3 Å². The van der Waals surface area contributed by atoms with Crippen LogP contribution in [-0.2, 0) is 14.3 Å². The van der Waals surface area contributed by atoms with Crippen molar-refractivity contribution in [1.29, 1.82) is 0 Å². The maximum absolute atomic E-state index is 13.0. The van der Waals surface area contributed by atoms with Gasteiger partial charge in [-0.05, 0) is 37.1 Å². The van der Waals surface area contributed by atoms with E-state index in [-0.39, 0.29) is 18.1 Å². The summed E-state index contributed by atoms with van der Waals surface area (Å²) in [5.74, 6) is -1.37. The molecule has 0 aliphatic carbocycles. The molecule has 3 aliphatic heterocycles. The summed E-state index contributed by atoms with van der Waals surface area (Å²) < 4.78 is 10.9. The number of carboxylic acid groups (broad SMARTS) is 1. The molecular formula is C19H24N2O5. The third-order valence-corrected chi connectivity index (χ3v) is 5.87. The molecule has 26 heavy (non-hydrogen) atoms. The summed E-state index contributed by atoms with van der Waals surface area (Å²) >= 11 is 0. The lowest BCUT2D eigenvalue weighted by molar-refractivity contribution is -0.151. The molecule has 7 heteroatoms. The number of carboxylic acids is 1. The number of nitrogens with zero attached hydrogens (tertiary/aromatic N) is 2. The highest BCUT2D eigenvalue weighted by atomic mass is 16.5. The van der Waals surface area contributed by atoms with Gasteiger partial charge in [0.05, 0.1) is 31.2 Å². The largest absolute Gasteiger partial charge is 0.497 e. The molecule has 4 atom stereocenters. The highest BCUT2D eigenvalue weighted by molar-refractivity contribution is 5.86. The van der Waals surface area contributed by atoms with E-state index in [1.807, 2.05) is 29.2 Å². The molecule has 0 unspecified atom stereocenters. The molecule has 4 rings (SSSR count). The molecule has 1 amide bonds. The predicted molar refractivity (Wildman–Crippen MR) is 94.3 cm³/mol. The summed E-state index contributed by atoms with van der Waals surface area (Å²) in [6, 6.07) is 7.88. The molecule has 1 aromatic rings. The maximum Gasteiger partial charge on any atom is 0.310 e. The lowest BCUT2D eigenvalue weighted by Gasteiger charge is -2.38. The van der Waals surface area contributed by atoms with Crippen LogP contribution in [-0.4, -0.2) is 67.4 Å². The van der Waals surface area contributed by atoms with Crippen molar-refractivity contribution in [2.75, 3.05) is 38.2 Å². The van der Waals surface area contributed by atoms with Gasteiger partial charge >= 0.3 is 5.97 Å². The van der Waals surface area contributed by atoms with Crippen molar-refractivity contribution in [3.8, 4) is 5.75 Å². The lowest BCUT2D eigenvalue weighted by Crippen LogP contribution is -2.53. The standard InChI is InChI=1S/C19H24N2O5/c1-25-13-4-2-12(3-5-13)20-8-10-21(11-9-20)18(22)16-14-6-7-15(26-14)17(16)19(23)24/h2-5,14-17H,6-11H2,1H3,(H,23,24)/t14-,15-,16-,17-/m0/s1. The van der Waals surface area contributed by atoms with Crippen molar-refractivity contribution >= 4 is 17.6 Å². The van der Waals surface area contributed by atoms with Crippen molar-refractivity contribution in [2.45, 2.75) is 25.0 Å². The van der Waals surface area contributed by atoms with Crippen LogP contribution in [0.3, 0.4) is 0 Å². The average Bonchev–Trinajstić information content (AvgIpc) is 3.29. The first kappa shape index (κ1) is 17.1. The van der Waals surface area contributed by atoms with Gasteiger partial charge in [0, 0.05) is 31.9 Å². The second-order valence-electron chi connectivity index (χ2n) is 7.19. The van der Waals surface area contributed by atoms with E-state index in [2.05, 4.69) is 4.90 Å². The van der Waals surface area contributed by atoms with Gasteiger partial charge < -0.3 is 24.4 Å². The zero-order chi connectivity index (χ0) is 18.3. The number of anilines is 1. The van der Waals surface area contributed by atoms with Crippen molar-refractivity contribution in [1.82, 2.24) is 4.90 Å². The monoisotopic (exact) mass is 360 g/mol. The first-order valence-corrected chi connectivity index (χ1v) is 9.14. The summed E-state index contributed by atoms with van der Waals surface area (Å²) in [5.41, 5.74) is 1.10. The van der Waals surface area contributed by atoms with Gasteiger partial charge in [-0.1, -0.05) is 0 Å². The third-order valence-electron chi connectivity index (χ3n) is 5.87. The van der Waals surface area contributed by atoms with E-state index in [1.54, 1.807) is 7.11 Å². The summed E-state index contributed by atoms with van der Waals surface area (Å²) in [5, 5.41) is 9.52. The van der Waals surface area contributed by atoms with Gasteiger partial charge in [-0.15, -0.1) is 0 Å². The van der Waals surface area contributed by atoms with Crippen LogP contribution in [0.4, 0.5) is 5.69 Å². The first-order valence-electron chi connectivity index (χ1n) is 9.14. The Bertz CT molecular complexity index is 684. The van der Waals surface area contributed by atoms with Crippen LogP contribution < -0.4 is 9.64 Å². The van der Waals surface area contributed by atoms with Crippen molar-refractivity contribution in [3.63, 3.8) is 0 Å². The van der Waals surface area contributed by atoms with Gasteiger partial charge in [0.15, 0.2) is 0 Å². The molecule has 140 valence electrons. The number of hydrogen-bond acceptors (Lipinski definition) is 5. The van der Waals surface area contributed by atoms with Crippen LogP contribution in [0, 0.1) is 11.8 Å². The number of carbonyl (C=O) groups is 2. The molecule has 1 N–H and O–H groups in total. The summed E-state index contributed by atoms with van der Waals surface area (Å²) in [4.78, 5) is 28.6. The summed E-state index contributed by atoms with van der Waals surface area (Å²) in [7, 11) is 1.64. The van der Waals surface area contributed by atoms with E-state index in [1.165, 1.54) is 0 Å². The second kappa shape index (κ2) is 6.79. The number of amides is 1. The number of piperazine rings is 1. The van der Waals surface area contributed by atoms with Gasteiger partial charge in [0.25, 0.3) is 0 Å². The number of methoxy groups -OCH3 is 1. The van der Waals surface area contributed by atoms with Crippen LogP contribution in [0.25, 0.3) is 0 Å². The predicted octanol–water partition coefficient (Wildman–Crippen LogP) is 1.22. The minimum absolute atomic E-state index is 0.0565. The molecule has 3 saturated heterocycles. The molecule has 3 aliphatic rings. The Morgan fingerprint density at radius 3 is 2.23 bits per heavy atom. The van der Waals surface area contributed by atoms with Gasteiger partial charge in [0.1, 0.15) is 5.75 Å². The minimum Gasteiger partial charge on any atom is -0.497 e. The molecule has 0 spiro atoms. The minimum atomic E-state index is -0.910. The van der Waals surface area contributed by atoms with Crippen molar-refractivity contribution in [2.24, 2.45) is 11.8 Å². The van der Waals surface area contributed by atoms with Crippen molar-refractivity contribution < 1.29 is 24.2 Å². The Kier molecular flexibility index (Phi) is 4.48. The number of carbonyl (C=O) groups excluding carboxylic acids is 1. The Balaban J connectivity index is 1.39. The van der Waals surface area contributed by atoms with Crippen LogP contribution >= 0.6 is 0 Å². The molecule has 3 heterocycles. The molecule has 0 saturated carbocycles. The summed E-state index contributed by atoms with van der Waals surface area (Å²) in [6.07, 6.45) is 1.01. The van der Waals surface area contributed by atoms with E-state index in [0.29, 0.717) is 13.1 Å². The van der Waals surface area contributed by atoms with Gasteiger partial charge in [-0.2, -0.15) is 0 Å². The van der Waals surface area contributed by atoms with E-state index in [0.717, 1.165) is 37.4 Å². The topological polar surface area (TPSA) is 79.3 Å². The van der Waals surface area contributed by atoms with Crippen LogP contribution in [0.5, 0.6) is 5.75 Å². The second-order valence-corrected chi connectivity index (χ2v) is 7.19. The number of fused-ring (bicyclic) bond motifs is 2. The average molecular weight is 360 g/mol. The van der Waals surface area contributed by atoms with E-state index in [4.69, 9.17) is 9.47 Å². The van der Waals surface area contributed by atoms with Gasteiger partial charge in [-0.25, -0.2) is 0 Å². The number of rotatable bonds is 4. The Morgan fingerprint density at radius 2 is 1.65 bits per heavy atom. The van der Waals surface area contributed by atoms with Crippen LogP contribution in [0.1, 0.15) is 12.8 Å². The Hall–Kier alpha value is -2.28. The maximum atomic E-state index is 13.0. The molecule has 1 aromatic carbocycles. The van der Waals surface area contributed by atoms with E-state index < -0.39 is 17.8 Å². The summed E-state index contributed by atoms with van der Waals surface area (Å²) in [6.45, 7) is 2.67. The Labute approximate surface area is 152 Å². The number of ether oxygens (including phenoxy) is 2. The SMILES string of the molecule is COc1ccc(N2CCN(C(=O)[C@@H]3[C@@H](C(=O)O)[C@@H]4CC[C@@H]3O4)CC2)cc1. The zero-order valence-corrected chi connectivity index (χ0v) is 14.8. The normalized spacial score (nSPS) is 30.5. The Morgan fingerprint density at radius 1 is 1.04 bits per heavy atom. The smallest absolute Gasteiger partial charge is 0.310 e. The fourth-order valence-corrected chi connectivity index (χ4v) is 4.49. The molecule has 0 aromatic heterocycles. The molecular weight excluding hydrogens is 336 g/mol. The molecule has 2 bridgehead atoms. The zero-order valence-electron chi connectivity index (χ0n) is 14.8. The molecule has 0 radical (unpaired) electrons. The highest BCUT2D eigenvalue weighted by Gasteiger charge is 2.56. The van der Waals surface area contributed by atoms with E-state index >= 15 is 0 Å². The number of hydrogen-bond donors (Lipinski definition) is 1. The quantitative estimate of drug-likeness (QED) is 0.870. The highest BCUT2D eigenvalue weighted by Crippen LogP contribution is 2.44. The van der Waals surface area contributed by atoms with E-state index in [9.17, 15) is 14.7 Å². The molecule has 3 fully saturated rings. The fourth-order valence-electron chi connectivity index (χ4n) is 4.49. The third kappa shape index (κ3) is 2.90. The lowest BCUT2D eigenvalue weighted by atomic mass is 9.78. The fraction of sp³-hybridized carbons (Fsp3) is 0.579. The van der Waals surface area contributed by atoms with Crippen molar-refractivity contribution in [3.05, 3.63) is 24.3 Å². The molecule has 7 nitrogen and oxygen atoms in total. The number of aliphatic carboxylic acids is 1. The number of benzene rings is 1.